The molecule has 0 radical (unpaired) electrons. The Labute approximate surface area is 124 Å². The summed E-state index contributed by atoms with van der Waals surface area (Å²) in [6.07, 6.45) is 0.323. The van der Waals surface area contributed by atoms with Crippen LogP contribution >= 0.6 is 0 Å². The molecule has 1 amide bonds. The minimum Gasteiger partial charge on any atom is -0.385 e. The summed E-state index contributed by atoms with van der Waals surface area (Å²) in [6, 6.07) is 12.1. The number of carbonyl (C=O) groups is 1. The highest BCUT2D eigenvalue weighted by Gasteiger charge is 2.03. The molecular weight excluding hydrogens is 267 g/mol. The van der Waals surface area contributed by atoms with Crippen LogP contribution in [0.15, 0.2) is 42.5 Å². The van der Waals surface area contributed by atoms with Gasteiger partial charge >= 0.3 is 0 Å². The van der Waals surface area contributed by atoms with Crippen LogP contribution in [0.5, 0.6) is 0 Å². The van der Waals surface area contributed by atoms with E-state index in [-0.39, 0.29) is 11.7 Å². The molecule has 3 nitrogen and oxygen atoms in total. The van der Waals surface area contributed by atoms with Crippen molar-refractivity contribution in [2.45, 2.75) is 20.3 Å². The fourth-order valence-corrected chi connectivity index (χ4v) is 2.19. The Morgan fingerprint density at radius 3 is 2.43 bits per heavy atom. The van der Waals surface area contributed by atoms with Gasteiger partial charge in [-0.15, -0.1) is 0 Å². The molecule has 0 aromatic heterocycles. The van der Waals surface area contributed by atoms with Crippen LogP contribution in [0.4, 0.5) is 15.8 Å². The second-order valence-electron chi connectivity index (χ2n) is 5.11. The van der Waals surface area contributed by atoms with Crippen molar-refractivity contribution in [2.75, 3.05) is 17.2 Å². The number of halogens is 1. The van der Waals surface area contributed by atoms with Gasteiger partial charge in [0.25, 0.3) is 0 Å². The Hall–Kier alpha value is -2.36. The molecule has 0 saturated heterocycles. The van der Waals surface area contributed by atoms with E-state index in [0.717, 1.165) is 5.69 Å². The van der Waals surface area contributed by atoms with Crippen molar-refractivity contribution in [3.63, 3.8) is 0 Å². The lowest BCUT2D eigenvalue weighted by molar-refractivity contribution is -0.115. The van der Waals surface area contributed by atoms with Crippen molar-refractivity contribution < 1.29 is 9.18 Å². The zero-order chi connectivity index (χ0) is 15.2. The molecule has 0 aliphatic rings. The van der Waals surface area contributed by atoms with E-state index in [2.05, 4.69) is 16.7 Å². The first-order valence-electron chi connectivity index (χ1n) is 6.90. The number of hydrogen-bond acceptors (Lipinski definition) is 2. The van der Waals surface area contributed by atoms with Gasteiger partial charge in [-0.25, -0.2) is 4.39 Å². The van der Waals surface area contributed by atoms with Crippen molar-refractivity contribution in [3.8, 4) is 0 Å². The molecule has 0 saturated carbocycles. The Morgan fingerprint density at radius 1 is 1.05 bits per heavy atom. The largest absolute Gasteiger partial charge is 0.385 e. The van der Waals surface area contributed by atoms with Crippen LogP contribution in [0.1, 0.15) is 17.5 Å². The summed E-state index contributed by atoms with van der Waals surface area (Å²) in [5, 5.41) is 5.89. The van der Waals surface area contributed by atoms with Crippen LogP contribution in [-0.4, -0.2) is 12.5 Å². The van der Waals surface area contributed by atoms with E-state index in [1.54, 1.807) is 12.1 Å². The summed E-state index contributed by atoms with van der Waals surface area (Å²) < 4.78 is 13.0. The Morgan fingerprint density at radius 2 is 1.76 bits per heavy atom. The SMILES string of the molecule is Cc1cc(C)cc(NCCC(=O)Nc2cccc(F)c2)c1. The Bertz CT molecular complexity index is 620. The van der Waals surface area contributed by atoms with E-state index in [1.807, 2.05) is 26.0 Å². The second-order valence-corrected chi connectivity index (χ2v) is 5.11. The van der Waals surface area contributed by atoms with E-state index < -0.39 is 0 Å². The van der Waals surface area contributed by atoms with E-state index in [0.29, 0.717) is 18.7 Å². The van der Waals surface area contributed by atoms with Crippen molar-refractivity contribution in [1.82, 2.24) is 0 Å². The van der Waals surface area contributed by atoms with Crippen molar-refractivity contribution in [3.05, 3.63) is 59.4 Å². The van der Waals surface area contributed by atoms with Crippen molar-refractivity contribution >= 4 is 17.3 Å². The number of carbonyl (C=O) groups excluding carboxylic acids is 1. The van der Waals surface area contributed by atoms with E-state index in [9.17, 15) is 9.18 Å². The summed E-state index contributed by atoms with van der Waals surface area (Å²) in [7, 11) is 0. The number of benzene rings is 2. The van der Waals surface area contributed by atoms with E-state index >= 15 is 0 Å². The first kappa shape index (κ1) is 15.0. The van der Waals surface area contributed by atoms with Gasteiger partial charge in [-0.1, -0.05) is 12.1 Å². The highest BCUT2D eigenvalue weighted by Crippen LogP contribution is 2.14. The second kappa shape index (κ2) is 6.88. The average Bonchev–Trinajstić information content (AvgIpc) is 2.37. The molecule has 0 heterocycles. The third-order valence-electron chi connectivity index (χ3n) is 3.01. The molecule has 2 rings (SSSR count). The smallest absolute Gasteiger partial charge is 0.226 e. The topological polar surface area (TPSA) is 41.1 Å². The van der Waals surface area contributed by atoms with Crippen LogP contribution in [0, 0.1) is 19.7 Å². The van der Waals surface area contributed by atoms with Gasteiger partial charge in [0.1, 0.15) is 5.82 Å². The van der Waals surface area contributed by atoms with Gasteiger partial charge in [-0.2, -0.15) is 0 Å². The van der Waals surface area contributed by atoms with Crippen molar-refractivity contribution in [2.24, 2.45) is 0 Å². The lowest BCUT2D eigenvalue weighted by atomic mass is 10.1. The third-order valence-corrected chi connectivity index (χ3v) is 3.01. The van der Waals surface area contributed by atoms with E-state index in [4.69, 9.17) is 0 Å². The summed E-state index contributed by atoms with van der Waals surface area (Å²) in [4.78, 5) is 11.8. The van der Waals surface area contributed by atoms with Crippen LogP contribution in [-0.2, 0) is 4.79 Å². The molecule has 0 unspecified atom stereocenters. The van der Waals surface area contributed by atoms with Gasteiger partial charge in [0.05, 0.1) is 0 Å². The van der Waals surface area contributed by atoms with Crippen LogP contribution in [0.2, 0.25) is 0 Å². The van der Waals surface area contributed by atoms with Gasteiger partial charge in [-0.3, -0.25) is 4.79 Å². The molecule has 4 heteroatoms. The van der Waals surface area contributed by atoms with E-state index in [1.165, 1.54) is 23.3 Å². The Kier molecular flexibility index (Phi) is 4.93. The molecule has 21 heavy (non-hydrogen) atoms. The van der Waals surface area contributed by atoms with Crippen LogP contribution in [0.3, 0.4) is 0 Å². The monoisotopic (exact) mass is 286 g/mol. The minimum atomic E-state index is -0.360. The molecule has 0 atom stereocenters. The predicted molar refractivity (Wildman–Crippen MR) is 84.1 cm³/mol. The molecule has 0 aliphatic carbocycles. The van der Waals surface area contributed by atoms with Gasteiger partial charge in [0.2, 0.25) is 5.91 Å². The highest BCUT2D eigenvalue weighted by molar-refractivity contribution is 5.90. The summed E-state index contributed by atoms with van der Waals surface area (Å²) in [5.41, 5.74) is 3.85. The van der Waals surface area contributed by atoms with Gasteiger partial charge in [0, 0.05) is 24.3 Å². The Balaban J connectivity index is 1.81. The number of nitrogens with one attached hydrogen (secondary N) is 2. The fraction of sp³-hybridized carbons (Fsp3) is 0.235. The summed E-state index contributed by atoms with van der Waals surface area (Å²) >= 11 is 0. The maximum absolute atomic E-state index is 13.0. The minimum absolute atomic E-state index is 0.141. The molecule has 2 aromatic carbocycles. The maximum atomic E-state index is 13.0. The number of amides is 1. The fourth-order valence-electron chi connectivity index (χ4n) is 2.19. The first-order chi connectivity index (χ1) is 10.0. The van der Waals surface area contributed by atoms with Gasteiger partial charge in [-0.05, 0) is 55.3 Å². The number of rotatable bonds is 5. The summed E-state index contributed by atoms with van der Waals surface area (Å²) in [6.45, 7) is 4.60. The molecular formula is C17H19FN2O. The average molecular weight is 286 g/mol. The molecule has 0 fully saturated rings. The first-order valence-corrected chi connectivity index (χ1v) is 6.90. The number of hydrogen-bond donors (Lipinski definition) is 2. The standard InChI is InChI=1S/C17H19FN2O/c1-12-8-13(2)10-16(9-12)19-7-6-17(21)20-15-5-3-4-14(18)11-15/h3-5,8-11,19H,6-7H2,1-2H3,(H,20,21). The molecule has 0 bridgehead atoms. The molecule has 0 spiro atoms. The van der Waals surface area contributed by atoms with Gasteiger partial charge in [0.15, 0.2) is 0 Å². The quantitative estimate of drug-likeness (QED) is 0.875. The van der Waals surface area contributed by atoms with Crippen molar-refractivity contribution in [1.29, 1.82) is 0 Å². The zero-order valence-corrected chi connectivity index (χ0v) is 12.2. The van der Waals surface area contributed by atoms with Crippen LogP contribution in [0.25, 0.3) is 0 Å². The zero-order valence-electron chi connectivity index (χ0n) is 12.2. The molecule has 2 N–H and O–H groups in total. The normalized spacial score (nSPS) is 10.2. The lowest BCUT2D eigenvalue weighted by Crippen LogP contribution is -2.16. The molecule has 0 aliphatic heterocycles. The maximum Gasteiger partial charge on any atom is 0.226 e. The highest BCUT2D eigenvalue weighted by atomic mass is 19.1. The molecule has 2 aromatic rings. The molecule has 110 valence electrons. The third kappa shape index (κ3) is 4.91. The van der Waals surface area contributed by atoms with Gasteiger partial charge < -0.3 is 10.6 Å². The van der Waals surface area contributed by atoms with Crippen LogP contribution < -0.4 is 10.6 Å². The number of aryl methyl sites for hydroxylation is 2. The predicted octanol–water partition coefficient (Wildman–Crippen LogP) is 3.88. The number of anilines is 2. The lowest BCUT2D eigenvalue weighted by Gasteiger charge is -2.09. The summed E-state index contributed by atoms with van der Waals surface area (Å²) in [5.74, 6) is -0.501.